The third-order valence-corrected chi connectivity index (χ3v) is 3.58. The molecule has 2 amide bonds. The number of ether oxygens (including phenoxy) is 1. The maximum atomic E-state index is 11.8. The van der Waals surface area contributed by atoms with Crippen molar-refractivity contribution in [3.8, 4) is 5.75 Å². The van der Waals surface area contributed by atoms with Gasteiger partial charge in [0.05, 0.1) is 5.02 Å². The van der Waals surface area contributed by atoms with Crippen molar-refractivity contribution >= 4 is 46.0 Å². The molecule has 0 saturated heterocycles. The highest BCUT2D eigenvalue weighted by Gasteiger charge is 2.09. The lowest BCUT2D eigenvalue weighted by Gasteiger charge is -2.09. The monoisotopic (exact) mass is 430 g/mol. The van der Waals surface area contributed by atoms with Gasteiger partial charge in [-0.3, -0.25) is 20.4 Å². The van der Waals surface area contributed by atoms with Crippen LogP contribution < -0.4 is 15.6 Å². The molecule has 2 aromatic rings. The number of benzene rings is 2. The Kier molecular flexibility index (Phi) is 6.02. The molecule has 0 aliphatic carbocycles. The van der Waals surface area contributed by atoms with Gasteiger partial charge in [0.1, 0.15) is 5.75 Å². The fraction of sp³-hybridized carbons (Fsp3) is 0.0667. The van der Waals surface area contributed by atoms with Crippen molar-refractivity contribution in [2.45, 2.75) is 0 Å². The lowest BCUT2D eigenvalue weighted by atomic mass is 10.2. The first-order valence-electron chi connectivity index (χ1n) is 6.28. The molecule has 0 spiro atoms. The Hall–Kier alpha value is -1.80. The molecule has 0 bridgehead atoms. The van der Waals surface area contributed by atoms with Gasteiger partial charge in [0, 0.05) is 9.13 Å². The van der Waals surface area contributed by atoms with Crippen LogP contribution in [0.25, 0.3) is 0 Å². The Morgan fingerprint density at radius 2 is 1.86 bits per heavy atom. The van der Waals surface area contributed by atoms with E-state index in [1.165, 1.54) is 0 Å². The van der Waals surface area contributed by atoms with Crippen LogP contribution in [-0.4, -0.2) is 18.4 Å². The SMILES string of the molecule is O=C(COc1ccccc1Cl)NNC(=O)c1cccc(I)c1. The summed E-state index contributed by atoms with van der Waals surface area (Å²) in [7, 11) is 0. The normalized spacial score (nSPS) is 9.91. The number of halogens is 2. The average molecular weight is 431 g/mol. The first-order valence-corrected chi connectivity index (χ1v) is 7.74. The van der Waals surface area contributed by atoms with E-state index in [1.807, 2.05) is 6.07 Å². The molecule has 5 nitrogen and oxygen atoms in total. The fourth-order valence-corrected chi connectivity index (χ4v) is 2.30. The van der Waals surface area contributed by atoms with Crippen molar-refractivity contribution in [1.29, 1.82) is 0 Å². The second-order valence-electron chi connectivity index (χ2n) is 4.23. The Morgan fingerprint density at radius 1 is 1.09 bits per heavy atom. The van der Waals surface area contributed by atoms with Crippen molar-refractivity contribution in [2.24, 2.45) is 0 Å². The summed E-state index contributed by atoms with van der Waals surface area (Å²) in [5, 5.41) is 0.415. The molecule has 2 N–H and O–H groups in total. The van der Waals surface area contributed by atoms with Crippen molar-refractivity contribution in [1.82, 2.24) is 10.9 Å². The molecular weight excluding hydrogens is 419 g/mol. The summed E-state index contributed by atoms with van der Waals surface area (Å²) in [5.74, 6) is -0.480. The first-order chi connectivity index (χ1) is 10.6. The predicted molar refractivity (Wildman–Crippen MR) is 91.7 cm³/mol. The fourth-order valence-electron chi connectivity index (χ4n) is 1.57. The highest BCUT2D eigenvalue weighted by atomic mass is 127. The number of nitrogens with one attached hydrogen (secondary N) is 2. The van der Waals surface area contributed by atoms with Gasteiger partial charge in [0.25, 0.3) is 11.8 Å². The highest BCUT2D eigenvalue weighted by molar-refractivity contribution is 14.1. The van der Waals surface area contributed by atoms with Crippen LogP contribution in [0.15, 0.2) is 48.5 Å². The van der Waals surface area contributed by atoms with Crippen molar-refractivity contribution in [3.63, 3.8) is 0 Å². The summed E-state index contributed by atoms with van der Waals surface area (Å²) in [6.07, 6.45) is 0. The number of carbonyl (C=O) groups is 2. The number of rotatable bonds is 4. The van der Waals surface area contributed by atoms with E-state index in [0.717, 1.165) is 3.57 Å². The lowest BCUT2D eigenvalue weighted by Crippen LogP contribution is -2.43. The highest BCUT2D eigenvalue weighted by Crippen LogP contribution is 2.22. The summed E-state index contributed by atoms with van der Waals surface area (Å²) >= 11 is 8.01. The lowest BCUT2D eigenvalue weighted by molar-refractivity contribution is -0.123. The molecule has 0 heterocycles. The smallest absolute Gasteiger partial charge is 0.276 e. The topological polar surface area (TPSA) is 67.4 Å². The molecule has 0 saturated carbocycles. The minimum Gasteiger partial charge on any atom is -0.482 e. The van der Waals surface area contributed by atoms with E-state index < -0.39 is 11.8 Å². The standard InChI is InChI=1S/C15H12ClIN2O3/c16-12-6-1-2-7-13(12)22-9-14(20)18-19-15(21)10-4-3-5-11(17)8-10/h1-8H,9H2,(H,18,20)(H,19,21). The zero-order valence-corrected chi connectivity index (χ0v) is 14.2. The second kappa shape index (κ2) is 8.00. The molecule has 0 unspecified atom stereocenters. The molecule has 0 radical (unpaired) electrons. The van der Waals surface area contributed by atoms with Crippen molar-refractivity contribution in [3.05, 3.63) is 62.7 Å². The molecule has 7 heteroatoms. The zero-order valence-electron chi connectivity index (χ0n) is 11.3. The van der Waals surface area contributed by atoms with Crippen molar-refractivity contribution in [2.75, 3.05) is 6.61 Å². The van der Waals surface area contributed by atoms with Crippen LogP contribution in [0.3, 0.4) is 0 Å². The molecule has 0 fully saturated rings. The summed E-state index contributed by atoms with van der Waals surface area (Å²) in [6, 6.07) is 13.8. The van der Waals surface area contributed by atoms with Gasteiger partial charge >= 0.3 is 0 Å². The summed E-state index contributed by atoms with van der Waals surface area (Å²) < 4.78 is 6.19. The van der Waals surface area contributed by atoms with E-state index >= 15 is 0 Å². The minimum absolute atomic E-state index is 0.254. The minimum atomic E-state index is -0.487. The van der Waals surface area contributed by atoms with Crippen molar-refractivity contribution < 1.29 is 14.3 Å². The molecule has 0 aliphatic heterocycles. The average Bonchev–Trinajstić information content (AvgIpc) is 2.52. The van der Waals surface area contributed by atoms with Crippen LogP contribution in [0.5, 0.6) is 5.75 Å². The Bertz CT molecular complexity index is 694. The van der Waals surface area contributed by atoms with Crippen LogP contribution >= 0.6 is 34.2 Å². The number of para-hydroxylation sites is 1. The van der Waals surface area contributed by atoms with Gasteiger partial charge in [0.2, 0.25) is 0 Å². The predicted octanol–water partition coefficient (Wildman–Crippen LogP) is 2.78. The van der Waals surface area contributed by atoms with Gasteiger partial charge in [0.15, 0.2) is 6.61 Å². The molecule has 2 aromatic carbocycles. The molecule has 2 rings (SSSR count). The molecule has 0 atom stereocenters. The van der Waals surface area contributed by atoms with E-state index in [4.69, 9.17) is 16.3 Å². The molecule has 22 heavy (non-hydrogen) atoms. The summed E-state index contributed by atoms with van der Waals surface area (Å²) in [5.41, 5.74) is 5.06. The maximum absolute atomic E-state index is 11.8. The Balaban J connectivity index is 1.81. The van der Waals surface area contributed by atoms with Gasteiger partial charge in [-0.15, -0.1) is 0 Å². The largest absolute Gasteiger partial charge is 0.482 e. The van der Waals surface area contributed by atoms with E-state index in [2.05, 4.69) is 33.4 Å². The van der Waals surface area contributed by atoms with Crippen LogP contribution in [-0.2, 0) is 4.79 Å². The van der Waals surface area contributed by atoms with Crippen LogP contribution in [0.4, 0.5) is 0 Å². The first kappa shape index (κ1) is 16.6. The zero-order chi connectivity index (χ0) is 15.9. The van der Waals surface area contributed by atoms with E-state index in [1.54, 1.807) is 42.5 Å². The number of hydrogen-bond donors (Lipinski definition) is 2. The van der Waals surface area contributed by atoms with Gasteiger partial charge in [-0.25, -0.2) is 0 Å². The number of hydrazine groups is 1. The molecule has 114 valence electrons. The number of amides is 2. The van der Waals surface area contributed by atoms with Gasteiger partial charge in [-0.05, 0) is 52.9 Å². The third kappa shape index (κ3) is 4.88. The maximum Gasteiger partial charge on any atom is 0.276 e. The van der Waals surface area contributed by atoms with Gasteiger partial charge < -0.3 is 4.74 Å². The van der Waals surface area contributed by atoms with E-state index in [0.29, 0.717) is 16.3 Å². The Morgan fingerprint density at radius 3 is 2.59 bits per heavy atom. The molecule has 0 aromatic heterocycles. The van der Waals surface area contributed by atoms with Crippen LogP contribution in [0.1, 0.15) is 10.4 Å². The van der Waals surface area contributed by atoms with E-state index in [-0.39, 0.29) is 6.61 Å². The number of hydrogen-bond acceptors (Lipinski definition) is 3. The van der Waals surface area contributed by atoms with Gasteiger partial charge in [-0.1, -0.05) is 29.8 Å². The van der Waals surface area contributed by atoms with Crippen LogP contribution in [0, 0.1) is 3.57 Å². The third-order valence-electron chi connectivity index (χ3n) is 2.60. The molecular formula is C15H12ClIN2O3. The van der Waals surface area contributed by atoms with E-state index in [9.17, 15) is 9.59 Å². The quantitative estimate of drug-likeness (QED) is 0.579. The second-order valence-corrected chi connectivity index (χ2v) is 5.88. The number of carbonyl (C=O) groups excluding carboxylic acids is 2. The summed E-state index contributed by atoms with van der Waals surface area (Å²) in [6.45, 7) is -0.254. The molecule has 0 aliphatic rings. The summed E-state index contributed by atoms with van der Waals surface area (Å²) in [4.78, 5) is 23.5. The van der Waals surface area contributed by atoms with Gasteiger partial charge in [-0.2, -0.15) is 0 Å². The Labute approximate surface area is 146 Å². The van der Waals surface area contributed by atoms with Crippen LogP contribution in [0.2, 0.25) is 5.02 Å².